The van der Waals surface area contributed by atoms with Crippen LogP contribution < -0.4 is 10.1 Å². The topological polar surface area (TPSA) is 77.9 Å². The normalized spacial score (nSPS) is 19.8. The number of benzene rings is 2. The van der Waals surface area contributed by atoms with Crippen LogP contribution in [0.5, 0.6) is 5.75 Å². The maximum absolute atomic E-state index is 13.7. The molecule has 0 bridgehead atoms. The van der Waals surface area contributed by atoms with Gasteiger partial charge in [-0.25, -0.2) is 4.79 Å². The molecule has 7 nitrogen and oxygen atoms in total. The van der Waals surface area contributed by atoms with E-state index in [4.69, 9.17) is 16.3 Å². The second-order valence-electron chi connectivity index (χ2n) is 13.2. The summed E-state index contributed by atoms with van der Waals surface area (Å²) in [6.07, 6.45) is 11.6. The van der Waals surface area contributed by atoms with Crippen LogP contribution in [0.4, 0.5) is 4.79 Å². The molecule has 3 aliphatic rings. The molecule has 2 N–H and O–H groups in total. The summed E-state index contributed by atoms with van der Waals surface area (Å²) in [6.45, 7) is 7.26. The number of amides is 2. The Bertz CT molecular complexity index is 1510. The quantitative estimate of drug-likeness (QED) is 0.274. The first-order valence-electron chi connectivity index (χ1n) is 16.4. The van der Waals surface area contributed by atoms with E-state index < -0.39 is 5.60 Å². The van der Waals surface area contributed by atoms with Crippen LogP contribution in [-0.2, 0) is 18.8 Å². The zero-order valence-electron chi connectivity index (χ0n) is 26.5. The standard InChI is InChI=1S/C37H45ClN4O3/c1-37(2,44)27-14-17-35-33(22-27)31(32-10-6-19-39-34(32)25-45-35)11-7-20-41-21-18-30(24-41)42(23-26-12-15-28(38)16-13-26)36(43)40-29-8-4-3-5-9-29/h6,10-17,19,22,29-30,44H,3-5,7-9,18,20-21,23-25H2,1-2H3,(H,40,43)/b31-11+/t30-/m0/s1. The van der Waals surface area contributed by atoms with E-state index in [1.807, 2.05) is 48.7 Å². The molecule has 3 aromatic rings. The molecule has 8 heteroatoms. The van der Waals surface area contributed by atoms with Crippen LogP contribution in [0.15, 0.2) is 66.9 Å². The van der Waals surface area contributed by atoms with Crippen molar-refractivity contribution in [1.82, 2.24) is 20.1 Å². The third kappa shape index (κ3) is 7.71. The summed E-state index contributed by atoms with van der Waals surface area (Å²) < 4.78 is 6.18. The Hall–Kier alpha value is -3.39. The summed E-state index contributed by atoms with van der Waals surface area (Å²) in [6, 6.07) is 18.3. The number of likely N-dealkylation sites (tertiary alicyclic amines) is 1. The number of hydrogen-bond donors (Lipinski definition) is 2. The molecule has 45 heavy (non-hydrogen) atoms. The van der Waals surface area contributed by atoms with Gasteiger partial charge in [0.05, 0.1) is 11.3 Å². The fraction of sp³-hybridized carbons (Fsp3) is 0.459. The minimum Gasteiger partial charge on any atom is -0.487 e. The zero-order valence-corrected chi connectivity index (χ0v) is 27.2. The van der Waals surface area contributed by atoms with Crippen LogP contribution in [0, 0.1) is 0 Å². The molecule has 2 aliphatic heterocycles. The van der Waals surface area contributed by atoms with Crippen molar-refractivity contribution in [2.45, 2.75) is 89.6 Å². The minimum atomic E-state index is -0.962. The number of halogens is 1. The van der Waals surface area contributed by atoms with E-state index in [-0.39, 0.29) is 18.1 Å². The molecule has 1 aliphatic carbocycles. The van der Waals surface area contributed by atoms with Crippen molar-refractivity contribution in [2.75, 3.05) is 19.6 Å². The molecule has 0 radical (unpaired) electrons. The van der Waals surface area contributed by atoms with Gasteiger partial charge in [-0.3, -0.25) is 4.98 Å². The molecule has 2 aromatic carbocycles. The summed E-state index contributed by atoms with van der Waals surface area (Å²) >= 11 is 6.16. The predicted molar refractivity (Wildman–Crippen MR) is 179 cm³/mol. The van der Waals surface area contributed by atoms with Crippen molar-refractivity contribution >= 4 is 23.2 Å². The average molecular weight is 629 g/mol. The molecule has 2 fully saturated rings. The average Bonchev–Trinajstić information content (AvgIpc) is 3.44. The summed E-state index contributed by atoms with van der Waals surface area (Å²) in [5.41, 5.74) is 5.02. The zero-order chi connectivity index (χ0) is 31.4. The van der Waals surface area contributed by atoms with Crippen LogP contribution in [0.1, 0.15) is 86.7 Å². The SMILES string of the molecule is CC(C)(O)c1ccc2c(c1)/C(=C/CCN1CC[C@H](N(Cc3ccc(Cl)cc3)C(=O)NC3CCCCC3)C1)c1cccnc1CO2. The molecule has 1 aromatic heterocycles. The second-order valence-corrected chi connectivity index (χ2v) is 13.7. The van der Waals surface area contributed by atoms with Gasteiger partial charge < -0.3 is 25.0 Å². The number of carbonyl (C=O) groups is 1. The number of rotatable bonds is 8. The lowest BCUT2D eigenvalue weighted by Gasteiger charge is -2.32. The fourth-order valence-corrected chi connectivity index (χ4v) is 7.00. The number of fused-ring (bicyclic) bond motifs is 2. The van der Waals surface area contributed by atoms with Crippen molar-refractivity contribution in [3.63, 3.8) is 0 Å². The molecule has 238 valence electrons. The van der Waals surface area contributed by atoms with Gasteiger partial charge in [0.15, 0.2) is 0 Å². The number of aromatic nitrogens is 1. The Labute approximate surface area is 272 Å². The molecule has 3 heterocycles. The van der Waals surface area contributed by atoms with Gasteiger partial charge in [0.25, 0.3) is 0 Å². The molecular weight excluding hydrogens is 584 g/mol. The van der Waals surface area contributed by atoms with E-state index in [9.17, 15) is 9.90 Å². The summed E-state index contributed by atoms with van der Waals surface area (Å²) in [7, 11) is 0. The smallest absolute Gasteiger partial charge is 0.318 e. The molecule has 1 saturated heterocycles. The maximum Gasteiger partial charge on any atom is 0.318 e. The summed E-state index contributed by atoms with van der Waals surface area (Å²) in [5, 5.41) is 14.8. The molecule has 1 atom stereocenters. The van der Waals surface area contributed by atoms with Crippen molar-refractivity contribution in [3.05, 3.63) is 99.8 Å². The molecular formula is C37H45ClN4O3. The highest BCUT2D eigenvalue weighted by atomic mass is 35.5. The number of ether oxygens (including phenoxy) is 1. The van der Waals surface area contributed by atoms with Gasteiger partial charge in [0.1, 0.15) is 12.4 Å². The van der Waals surface area contributed by atoms with Crippen LogP contribution in [0.3, 0.4) is 0 Å². The number of hydrogen-bond acceptors (Lipinski definition) is 5. The van der Waals surface area contributed by atoms with Crippen LogP contribution in [0.2, 0.25) is 5.02 Å². The Morgan fingerprint density at radius 1 is 1.11 bits per heavy atom. The van der Waals surface area contributed by atoms with Crippen molar-refractivity contribution in [2.24, 2.45) is 0 Å². The largest absolute Gasteiger partial charge is 0.487 e. The van der Waals surface area contributed by atoms with E-state index in [2.05, 4.69) is 38.3 Å². The monoisotopic (exact) mass is 628 g/mol. The first-order chi connectivity index (χ1) is 21.7. The molecule has 1 saturated carbocycles. The lowest BCUT2D eigenvalue weighted by molar-refractivity contribution is 0.0785. The van der Waals surface area contributed by atoms with Gasteiger partial charge in [-0.1, -0.05) is 61.2 Å². The van der Waals surface area contributed by atoms with Gasteiger partial charge in [-0.2, -0.15) is 0 Å². The van der Waals surface area contributed by atoms with E-state index in [0.717, 1.165) is 84.6 Å². The van der Waals surface area contributed by atoms with Gasteiger partial charge in [-0.05, 0) is 86.6 Å². The maximum atomic E-state index is 13.7. The molecule has 0 unspecified atom stereocenters. The van der Waals surface area contributed by atoms with Gasteiger partial charge in [0, 0.05) is 60.6 Å². The molecule has 0 spiro atoms. The van der Waals surface area contributed by atoms with E-state index in [1.165, 1.54) is 19.3 Å². The lowest BCUT2D eigenvalue weighted by Crippen LogP contribution is -2.50. The Balaban J connectivity index is 1.18. The van der Waals surface area contributed by atoms with Gasteiger partial charge in [0.2, 0.25) is 0 Å². The molecule has 6 rings (SSSR count). The minimum absolute atomic E-state index is 0.0487. The third-order valence-corrected chi connectivity index (χ3v) is 9.71. The Morgan fingerprint density at radius 2 is 1.91 bits per heavy atom. The highest BCUT2D eigenvalue weighted by Crippen LogP contribution is 2.38. The summed E-state index contributed by atoms with van der Waals surface area (Å²) in [5.74, 6) is 0.801. The number of urea groups is 1. The van der Waals surface area contributed by atoms with Gasteiger partial charge in [-0.15, -0.1) is 0 Å². The van der Waals surface area contributed by atoms with E-state index >= 15 is 0 Å². The van der Waals surface area contributed by atoms with E-state index in [1.54, 1.807) is 13.8 Å². The van der Waals surface area contributed by atoms with Crippen LogP contribution >= 0.6 is 11.6 Å². The first-order valence-corrected chi connectivity index (χ1v) is 16.8. The van der Waals surface area contributed by atoms with Crippen LogP contribution in [0.25, 0.3) is 5.57 Å². The number of nitrogens with one attached hydrogen (secondary N) is 1. The van der Waals surface area contributed by atoms with E-state index in [0.29, 0.717) is 18.2 Å². The van der Waals surface area contributed by atoms with Crippen molar-refractivity contribution in [3.8, 4) is 5.75 Å². The lowest BCUT2D eigenvalue weighted by atomic mass is 9.90. The Morgan fingerprint density at radius 3 is 2.69 bits per heavy atom. The number of nitrogens with zero attached hydrogens (tertiary/aromatic N) is 3. The number of carbonyl (C=O) groups excluding carboxylic acids is 1. The third-order valence-electron chi connectivity index (χ3n) is 9.46. The first kappa shape index (κ1) is 31.6. The second kappa shape index (κ2) is 13.9. The number of pyridine rings is 1. The van der Waals surface area contributed by atoms with Crippen molar-refractivity contribution < 1.29 is 14.6 Å². The summed E-state index contributed by atoms with van der Waals surface area (Å²) in [4.78, 5) is 22.8. The van der Waals surface area contributed by atoms with Crippen molar-refractivity contribution in [1.29, 1.82) is 0 Å². The number of aliphatic hydroxyl groups is 1. The Kier molecular flexibility index (Phi) is 9.78. The highest BCUT2D eigenvalue weighted by Gasteiger charge is 2.32. The predicted octanol–water partition coefficient (Wildman–Crippen LogP) is 7.30. The van der Waals surface area contributed by atoms with Gasteiger partial charge >= 0.3 is 6.03 Å². The molecule has 2 amide bonds. The van der Waals surface area contributed by atoms with Crippen LogP contribution in [-0.4, -0.2) is 57.6 Å². The highest BCUT2D eigenvalue weighted by molar-refractivity contribution is 6.30. The fourth-order valence-electron chi connectivity index (χ4n) is 6.88.